The van der Waals surface area contributed by atoms with Crippen LogP contribution in [0, 0.1) is 0 Å². The van der Waals surface area contributed by atoms with E-state index in [0.717, 1.165) is 0 Å². The van der Waals surface area contributed by atoms with Crippen molar-refractivity contribution in [2.24, 2.45) is 0 Å². The van der Waals surface area contributed by atoms with E-state index < -0.39 is 12.0 Å². The summed E-state index contributed by atoms with van der Waals surface area (Å²) in [5.41, 5.74) is 0. The van der Waals surface area contributed by atoms with Crippen LogP contribution in [0.1, 0.15) is 37.6 Å². The van der Waals surface area contributed by atoms with Crippen molar-refractivity contribution in [2.75, 3.05) is 6.54 Å². The molecule has 0 unspecified atom stereocenters. The highest BCUT2D eigenvalue weighted by molar-refractivity contribution is 5.08. The zero-order valence-electron chi connectivity index (χ0n) is 8.34. The van der Waals surface area contributed by atoms with E-state index >= 15 is 0 Å². The second-order valence-electron chi connectivity index (χ2n) is 3.73. The number of rotatable bonds is 0. The van der Waals surface area contributed by atoms with Crippen molar-refractivity contribution in [1.82, 2.24) is 20.1 Å². The largest absolute Gasteiger partial charge is 0.451 e. The van der Waals surface area contributed by atoms with Gasteiger partial charge in [0.2, 0.25) is 5.82 Å². The molecule has 4 nitrogen and oxygen atoms in total. The highest BCUT2D eigenvalue weighted by atomic mass is 19.4. The molecule has 2 heterocycles. The Balaban J connectivity index is 2.53. The summed E-state index contributed by atoms with van der Waals surface area (Å²) in [5, 5.41) is 9.86. The zero-order chi connectivity index (χ0) is 11.2. The minimum absolute atomic E-state index is 0.190. The van der Waals surface area contributed by atoms with Gasteiger partial charge in [0.1, 0.15) is 5.82 Å². The number of nitrogens with one attached hydrogen (secondary N) is 1. The predicted octanol–water partition coefficient (Wildman–Crippen LogP) is 1.52. The maximum Gasteiger partial charge on any atom is 0.451 e. The first-order valence-electron chi connectivity index (χ1n) is 4.66. The monoisotopic (exact) mass is 220 g/mol. The number of aromatic nitrogens is 3. The van der Waals surface area contributed by atoms with Crippen molar-refractivity contribution in [2.45, 2.75) is 32.1 Å². The fourth-order valence-electron chi connectivity index (χ4n) is 1.76. The van der Waals surface area contributed by atoms with Gasteiger partial charge in [0.05, 0.1) is 6.04 Å². The molecular formula is C8H11F3N4. The Hall–Kier alpha value is -1.11. The first-order valence-corrected chi connectivity index (χ1v) is 4.66. The van der Waals surface area contributed by atoms with Gasteiger partial charge in [-0.1, -0.05) is 0 Å². The molecular weight excluding hydrogens is 209 g/mol. The molecule has 2 atom stereocenters. The third-order valence-corrected chi connectivity index (χ3v) is 2.52. The molecule has 0 bridgehead atoms. The van der Waals surface area contributed by atoms with E-state index in [9.17, 15) is 13.2 Å². The van der Waals surface area contributed by atoms with E-state index in [2.05, 4.69) is 15.5 Å². The van der Waals surface area contributed by atoms with Gasteiger partial charge in [0, 0.05) is 12.6 Å². The normalized spacial score (nSPS) is 26.5. The van der Waals surface area contributed by atoms with Crippen molar-refractivity contribution in [3.8, 4) is 0 Å². The molecule has 0 radical (unpaired) electrons. The molecule has 84 valence electrons. The molecule has 1 aliphatic rings. The van der Waals surface area contributed by atoms with E-state index in [-0.39, 0.29) is 12.1 Å². The average molecular weight is 220 g/mol. The van der Waals surface area contributed by atoms with E-state index in [1.165, 1.54) is 4.57 Å². The lowest BCUT2D eigenvalue weighted by atomic mass is 10.2. The van der Waals surface area contributed by atoms with Crippen LogP contribution in [0.15, 0.2) is 0 Å². The molecule has 7 heteroatoms. The third kappa shape index (κ3) is 1.60. The van der Waals surface area contributed by atoms with Crippen LogP contribution in [-0.4, -0.2) is 21.3 Å². The summed E-state index contributed by atoms with van der Waals surface area (Å²) >= 11 is 0. The van der Waals surface area contributed by atoms with Crippen LogP contribution in [0.4, 0.5) is 13.2 Å². The number of hydrogen-bond donors (Lipinski definition) is 1. The standard InChI is InChI=1S/C8H11F3N4/c1-4-3-12-5(2)6-13-14-7(15(4)6)8(9,10)11/h4-5,12H,3H2,1-2H3/t4-,5-/m1/s1. The van der Waals surface area contributed by atoms with Crippen molar-refractivity contribution in [1.29, 1.82) is 0 Å². The molecule has 1 aromatic rings. The second-order valence-corrected chi connectivity index (χ2v) is 3.73. The summed E-state index contributed by atoms with van der Waals surface area (Å²) in [6.07, 6.45) is -4.43. The SMILES string of the molecule is C[C@@H]1CN[C@H](C)c2nnc(C(F)(F)F)n21. The Morgan fingerprint density at radius 2 is 2.00 bits per heavy atom. The second kappa shape index (κ2) is 3.19. The predicted molar refractivity (Wildman–Crippen MR) is 46.2 cm³/mol. The van der Waals surface area contributed by atoms with Crippen molar-refractivity contribution < 1.29 is 13.2 Å². The van der Waals surface area contributed by atoms with Crippen LogP contribution in [0.5, 0.6) is 0 Å². The van der Waals surface area contributed by atoms with Gasteiger partial charge in [0.15, 0.2) is 0 Å². The van der Waals surface area contributed by atoms with Crippen LogP contribution >= 0.6 is 0 Å². The number of hydrogen-bond acceptors (Lipinski definition) is 3. The van der Waals surface area contributed by atoms with E-state index in [1.807, 2.05) is 0 Å². The van der Waals surface area contributed by atoms with Crippen LogP contribution in [0.3, 0.4) is 0 Å². The summed E-state index contributed by atoms with van der Waals surface area (Å²) in [4.78, 5) is 0. The minimum atomic E-state index is -4.43. The Labute approximate surface area is 84.5 Å². The molecule has 1 N–H and O–H groups in total. The molecule has 0 spiro atoms. The molecule has 1 aromatic heterocycles. The van der Waals surface area contributed by atoms with Crippen molar-refractivity contribution in [3.63, 3.8) is 0 Å². The average Bonchev–Trinajstić information content (AvgIpc) is 2.55. The molecule has 0 aromatic carbocycles. The summed E-state index contributed by atoms with van der Waals surface area (Å²) in [6.45, 7) is 3.98. The molecule has 0 saturated carbocycles. The molecule has 15 heavy (non-hydrogen) atoms. The van der Waals surface area contributed by atoms with Crippen LogP contribution < -0.4 is 5.32 Å². The van der Waals surface area contributed by atoms with Crippen LogP contribution in [0.25, 0.3) is 0 Å². The summed E-state index contributed by atoms with van der Waals surface area (Å²) < 4.78 is 38.9. The Bertz CT molecular complexity index is 370. The molecule has 2 rings (SSSR count). The van der Waals surface area contributed by atoms with Gasteiger partial charge in [-0.25, -0.2) is 0 Å². The molecule has 1 aliphatic heterocycles. The van der Waals surface area contributed by atoms with Crippen LogP contribution in [-0.2, 0) is 6.18 Å². The van der Waals surface area contributed by atoms with Crippen molar-refractivity contribution in [3.05, 3.63) is 11.6 Å². The summed E-state index contributed by atoms with van der Waals surface area (Å²) in [5.74, 6) is -0.556. The number of alkyl halides is 3. The van der Waals surface area contributed by atoms with Crippen LogP contribution in [0.2, 0.25) is 0 Å². The number of nitrogens with zero attached hydrogens (tertiary/aromatic N) is 3. The van der Waals surface area contributed by atoms with Gasteiger partial charge in [0.25, 0.3) is 0 Å². The highest BCUT2D eigenvalue weighted by Crippen LogP contribution is 2.32. The molecule has 0 aliphatic carbocycles. The Morgan fingerprint density at radius 1 is 1.33 bits per heavy atom. The lowest BCUT2D eigenvalue weighted by molar-refractivity contribution is -0.148. The first kappa shape index (κ1) is 10.4. The highest BCUT2D eigenvalue weighted by Gasteiger charge is 2.41. The fraction of sp³-hybridized carbons (Fsp3) is 0.750. The third-order valence-electron chi connectivity index (χ3n) is 2.52. The van der Waals surface area contributed by atoms with E-state index in [4.69, 9.17) is 0 Å². The quantitative estimate of drug-likeness (QED) is 0.720. The fourth-order valence-corrected chi connectivity index (χ4v) is 1.76. The first-order chi connectivity index (χ1) is 6.91. The lowest BCUT2D eigenvalue weighted by Crippen LogP contribution is -2.36. The zero-order valence-corrected chi connectivity index (χ0v) is 8.34. The van der Waals surface area contributed by atoms with Gasteiger partial charge in [-0.2, -0.15) is 13.2 Å². The van der Waals surface area contributed by atoms with Gasteiger partial charge >= 0.3 is 6.18 Å². The van der Waals surface area contributed by atoms with E-state index in [0.29, 0.717) is 12.4 Å². The van der Waals surface area contributed by atoms with Gasteiger partial charge in [-0.05, 0) is 13.8 Å². The van der Waals surface area contributed by atoms with Gasteiger partial charge < -0.3 is 9.88 Å². The minimum Gasteiger partial charge on any atom is -0.305 e. The maximum atomic E-state index is 12.6. The Morgan fingerprint density at radius 3 is 2.60 bits per heavy atom. The molecule has 0 amide bonds. The molecule has 0 fully saturated rings. The van der Waals surface area contributed by atoms with Crippen molar-refractivity contribution >= 4 is 0 Å². The number of fused-ring (bicyclic) bond motifs is 1. The topological polar surface area (TPSA) is 42.7 Å². The van der Waals surface area contributed by atoms with Gasteiger partial charge in [-0.15, -0.1) is 10.2 Å². The molecule has 0 saturated heterocycles. The smallest absolute Gasteiger partial charge is 0.305 e. The summed E-state index contributed by atoms with van der Waals surface area (Å²) in [6, 6.07) is -0.465. The lowest BCUT2D eigenvalue weighted by Gasteiger charge is -2.28. The summed E-state index contributed by atoms with van der Waals surface area (Å²) in [7, 11) is 0. The van der Waals surface area contributed by atoms with Gasteiger partial charge in [-0.3, -0.25) is 0 Å². The maximum absolute atomic E-state index is 12.6. The number of halogens is 3. The Kier molecular flexibility index (Phi) is 2.22. The van der Waals surface area contributed by atoms with E-state index in [1.54, 1.807) is 13.8 Å².